The van der Waals surface area contributed by atoms with Crippen LogP contribution in [0, 0.1) is 44.3 Å². The summed E-state index contributed by atoms with van der Waals surface area (Å²) in [7, 11) is -17.2. The molecule has 0 spiro atoms. The van der Waals surface area contributed by atoms with E-state index < -0.39 is 93.0 Å². The van der Waals surface area contributed by atoms with E-state index in [1.54, 1.807) is 70.8 Å². The summed E-state index contributed by atoms with van der Waals surface area (Å²) < 4.78 is 192. The van der Waals surface area contributed by atoms with Gasteiger partial charge in [-0.1, -0.05) is 112 Å². The molecule has 3 saturated heterocycles. The molecule has 126 heavy (non-hydrogen) atoms. The third kappa shape index (κ3) is 22.3. The Balaban J connectivity index is 0.000000205. The minimum absolute atomic E-state index is 0.0173. The first kappa shape index (κ1) is 95.7. The SMILES string of the molecule is CC1(C)CCC(C23CC(C)(C2)C3)=C(CN2CCN(c3ccc(C(=O)CS(=O)(=O)c4ccc(C[C@H](CCN5CCC(O)CC5)CSc5ccccc5)c(S(=O)(=O)C(F)(F)F)c4)cc3)CC2)C1.CN(C)CC[C@H](CSc1ccccc1)Cc1ccc(S(=O)(=O)CC(=O)c2ccc(N3CCN(CC4=C(C56CC(C)(C5)C6)CCC(C)(C)C4)CC3)cc2)cc1S(=O)(=O)C(F)(F)F. The number of thioether (sulfide) groups is 2. The molecule has 0 radical (unpaired) electrons. The van der Waals surface area contributed by atoms with E-state index in [-0.39, 0.29) is 53.0 Å². The summed E-state index contributed by atoms with van der Waals surface area (Å²) in [6.45, 7) is 25.9. The van der Waals surface area contributed by atoms with Crippen LogP contribution >= 0.6 is 23.5 Å². The number of hydrogen-bond donors (Lipinski definition) is 1. The lowest BCUT2D eigenvalue weighted by atomic mass is 9.33. The predicted octanol–water partition coefficient (Wildman–Crippen LogP) is 18.6. The number of rotatable bonds is 34. The molecule has 0 amide bonds. The summed E-state index contributed by atoms with van der Waals surface area (Å²) in [5.74, 6) is -3.05. The number of aliphatic hydroxyl groups excluding tert-OH is 1. The van der Waals surface area contributed by atoms with Crippen molar-refractivity contribution in [3.8, 4) is 0 Å². The quantitative estimate of drug-likeness (QED) is 0.0172. The van der Waals surface area contributed by atoms with Gasteiger partial charge in [-0.3, -0.25) is 19.4 Å². The number of carbonyl (C=O) groups excluding carboxylic acids is 2. The van der Waals surface area contributed by atoms with Crippen molar-refractivity contribution >= 4 is 85.8 Å². The number of carbonyl (C=O) groups is 2. The molecule has 17 rings (SSSR count). The maximum atomic E-state index is 14.2. The number of likely N-dealkylation sites (tertiary alicyclic amines) is 1. The van der Waals surface area contributed by atoms with Gasteiger partial charge in [-0.15, -0.1) is 23.5 Å². The van der Waals surface area contributed by atoms with Gasteiger partial charge in [-0.25, -0.2) is 33.7 Å². The van der Waals surface area contributed by atoms with E-state index >= 15 is 0 Å². The Bertz CT molecular complexity index is 5440. The number of allylic oxidation sites excluding steroid dienone is 2. The second kappa shape index (κ2) is 37.7. The van der Waals surface area contributed by atoms with Crippen LogP contribution in [0.2, 0.25) is 0 Å². The number of piperidine rings is 1. The number of ketones is 2. The van der Waals surface area contributed by atoms with Gasteiger partial charge in [0.25, 0.3) is 19.7 Å². The summed E-state index contributed by atoms with van der Waals surface area (Å²) in [6, 6.07) is 38.2. The van der Waals surface area contributed by atoms with E-state index in [1.165, 1.54) is 87.7 Å². The van der Waals surface area contributed by atoms with Crippen molar-refractivity contribution in [2.75, 3.05) is 139 Å². The lowest BCUT2D eigenvalue weighted by Crippen LogP contribution is -2.61. The molecule has 686 valence electrons. The van der Waals surface area contributed by atoms with E-state index in [0.29, 0.717) is 108 Å². The number of sulfone groups is 4. The van der Waals surface area contributed by atoms with Crippen LogP contribution in [0.4, 0.5) is 37.7 Å². The van der Waals surface area contributed by atoms with Crippen LogP contribution in [-0.4, -0.2) is 216 Å². The fraction of sp³-hybridized carbons (Fsp3) is 0.567. The molecule has 6 aromatic carbocycles. The van der Waals surface area contributed by atoms with Gasteiger partial charge in [0.05, 0.1) is 25.7 Å². The number of hydrogen-bond acceptors (Lipinski definition) is 19. The highest BCUT2D eigenvalue weighted by atomic mass is 32.2. The number of Topliss-reactive ketones (excluding diaryl/α,β-unsaturated/α-hetero) is 2. The molecule has 9 fully saturated rings. The van der Waals surface area contributed by atoms with E-state index in [1.807, 2.05) is 79.7 Å². The molecular weight excluding hydrogens is 1730 g/mol. The number of aliphatic hydroxyl groups is 1. The molecule has 29 heteroatoms. The lowest BCUT2D eigenvalue weighted by Gasteiger charge is -2.72. The van der Waals surface area contributed by atoms with Gasteiger partial charge in [0, 0.05) is 122 Å². The number of benzene rings is 6. The fourth-order valence-corrected chi connectivity index (χ4v) is 28.8. The van der Waals surface area contributed by atoms with E-state index in [2.05, 4.69) is 66.0 Å². The molecule has 0 unspecified atom stereocenters. The Labute approximate surface area is 751 Å². The fourth-order valence-electron chi connectivity index (χ4n) is 22.0. The van der Waals surface area contributed by atoms with Crippen molar-refractivity contribution in [2.45, 2.75) is 204 Å². The molecule has 3 aliphatic heterocycles. The van der Waals surface area contributed by atoms with Crippen LogP contribution in [-0.2, 0) is 52.2 Å². The topological polar surface area (TPSA) is 210 Å². The summed E-state index contributed by atoms with van der Waals surface area (Å²) in [5, 5.41) is 9.96. The highest BCUT2D eigenvalue weighted by Crippen LogP contribution is 2.78. The number of anilines is 2. The Morgan fingerprint density at radius 1 is 0.476 bits per heavy atom. The number of halogens is 6. The molecular formula is C97H124F6N6O11S6. The lowest BCUT2D eigenvalue weighted by molar-refractivity contribution is -0.166. The van der Waals surface area contributed by atoms with Gasteiger partial charge < -0.3 is 24.7 Å². The van der Waals surface area contributed by atoms with E-state index in [0.717, 1.165) is 124 Å². The van der Waals surface area contributed by atoms with Crippen molar-refractivity contribution in [1.29, 1.82) is 0 Å². The summed E-state index contributed by atoms with van der Waals surface area (Å²) in [4.78, 5) is 39.1. The third-order valence-electron chi connectivity index (χ3n) is 28.4. The van der Waals surface area contributed by atoms with Crippen LogP contribution in [0.5, 0.6) is 0 Å². The third-order valence-corrected chi connectivity index (χ3v) is 37.2. The molecule has 17 nitrogen and oxygen atoms in total. The molecule has 6 aromatic rings. The van der Waals surface area contributed by atoms with Crippen LogP contribution in [0.25, 0.3) is 0 Å². The average Bonchev–Trinajstić information content (AvgIpc) is 0.678. The van der Waals surface area contributed by atoms with Crippen molar-refractivity contribution in [1.82, 2.24) is 19.6 Å². The first-order valence-corrected chi connectivity index (χ1v) is 52.8. The standard InChI is InChI=1S/C50H64F3N3O6S3.C47H60F3N3O5S3/c1-47(2)19-15-44(49-33-48(3,34-49)35-49)39(29-47)30-55-23-25-56(26-24-55)40-12-9-37(10-13-40)45(58)32-64(59,60)43-14-11-38(46(28-43)65(61,62)50(51,52)53)27-36(31-63-42-7-5-4-6-8-42)16-20-54-21-17-41(57)18-22-54;1-44(2)19-17-41(46-31-45(3,32-46)33-46)37(27-44)28-52-21-23-53(24-22-52)38-14-11-35(12-15-38)42(54)30-60(55,56)40-16-13-36(43(26-40)61(57,58)47(48,49)50)25-34(18-20-51(4)5)29-59-39-9-7-6-8-10-39/h4-14,28,36,41,57H,15-27,29-35H2,1-3H3;6-16,26,34H,17-25,27-33H2,1-5H3/t36-,48?,49?;34-,45?,46?/m00/s1. The van der Waals surface area contributed by atoms with Crippen molar-refractivity contribution in [3.63, 3.8) is 0 Å². The number of piperazine rings is 2. The van der Waals surface area contributed by atoms with Gasteiger partial charge in [0.15, 0.2) is 31.2 Å². The number of nitrogens with zero attached hydrogens (tertiary/aromatic N) is 6. The Hall–Kier alpha value is -6.38. The van der Waals surface area contributed by atoms with Crippen molar-refractivity contribution in [3.05, 3.63) is 190 Å². The van der Waals surface area contributed by atoms with E-state index in [4.69, 9.17) is 0 Å². The van der Waals surface area contributed by atoms with Crippen LogP contribution in [0.1, 0.15) is 176 Å². The average molecular weight is 1860 g/mol. The molecule has 0 aromatic heterocycles. The van der Waals surface area contributed by atoms with Crippen molar-refractivity contribution in [2.24, 2.45) is 44.3 Å². The normalized spacial score (nSPS) is 24.3. The van der Waals surface area contributed by atoms with Gasteiger partial charge in [0.2, 0.25) is 0 Å². The number of alkyl halides is 6. The molecule has 1 N–H and O–H groups in total. The molecule has 3 heterocycles. The summed E-state index contributed by atoms with van der Waals surface area (Å²) >= 11 is 3.03. The largest absolute Gasteiger partial charge is 0.501 e. The highest BCUT2D eigenvalue weighted by molar-refractivity contribution is 7.99. The Kier molecular flexibility index (Phi) is 28.6. The second-order valence-corrected chi connectivity index (χ2v) is 50.3. The zero-order valence-electron chi connectivity index (χ0n) is 74.0. The van der Waals surface area contributed by atoms with Gasteiger partial charge in [0.1, 0.15) is 11.5 Å². The maximum Gasteiger partial charge on any atom is 0.501 e. The summed E-state index contributed by atoms with van der Waals surface area (Å²) in [6.07, 6.45) is 17.3. The van der Waals surface area contributed by atoms with Crippen LogP contribution in [0.3, 0.4) is 0 Å². The summed E-state index contributed by atoms with van der Waals surface area (Å²) in [5.41, 5.74) is 0.107. The minimum Gasteiger partial charge on any atom is -0.393 e. The molecule has 2 atom stereocenters. The first-order chi connectivity index (χ1) is 59.2. The molecule has 4 bridgehead atoms. The smallest absolute Gasteiger partial charge is 0.393 e. The zero-order chi connectivity index (χ0) is 90.4. The second-order valence-electron chi connectivity index (χ2n) is 40.4. The molecule has 11 aliphatic rings. The van der Waals surface area contributed by atoms with Gasteiger partial charge in [-0.05, 0) is 295 Å². The van der Waals surface area contributed by atoms with Crippen LogP contribution < -0.4 is 9.80 Å². The Morgan fingerprint density at radius 2 is 0.841 bits per heavy atom. The molecule has 6 saturated carbocycles. The molecule has 8 aliphatic carbocycles. The van der Waals surface area contributed by atoms with Gasteiger partial charge >= 0.3 is 11.0 Å². The van der Waals surface area contributed by atoms with Crippen molar-refractivity contribution < 1.29 is 74.7 Å². The minimum atomic E-state index is -5.97. The van der Waals surface area contributed by atoms with Crippen LogP contribution in [0.15, 0.2) is 197 Å². The van der Waals surface area contributed by atoms with E-state index in [9.17, 15) is 74.7 Å². The first-order valence-electron chi connectivity index (χ1n) is 44.6. The highest BCUT2D eigenvalue weighted by Gasteiger charge is 2.68. The predicted molar refractivity (Wildman–Crippen MR) is 489 cm³/mol. The maximum absolute atomic E-state index is 14.2. The van der Waals surface area contributed by atoms with Gasteiger partial charge in [-0.2, -0.15) is 26.3 Å². The zero-order valence-corrected chi connectivity index (χ0v) is 78.9. The Morgan fingerprint density at radius 3 is 1.19 bits per heavy atom. The monoisotopic (exact) mass is 1850 g/mol.